The second-order valence-corrected chi connectivity index (χ2v) is 6.33. The van der Waals surface area contributed by atoms with Crippen LogP contribution < -0.4 is 4.74 Å². The predicted molar refractivity (Wildman–Crippen MR) is 108 cm³/mol. The monoisotopic (exact) mass is 353 g/mol. The lowest BCUT2D eigenvalue weighted by molar-refractivity contribution is 0.0736. The van der Waals surface area contributed by atoms with E-state index in [-0.39, 0.29) is 5.97 Å². The molecule has 0 aliphatic carbocycles. The molecule has 3 heteroatoms. The highest BCUT2D eigenvalue weighted by atomic mass is 16.5. The molecule has 1 heterocycles. The fraction of sp³-hybridized carbons (Fsp3) is 0.0833. The Morgan fingerprint density at radius 2 is 1.67 bits per heavy atom. The highest BCUT2D eigenvalue weighted by Gasteiger charge is 2.16. The molecule has 0 N–H and O–H groups in total. The first-order chi connectivity index (χ1) is 13.2. The number of fused-ring (bicyclic) bond motifs is 1. The van der Waals surface area contributed by atoms with Crippen LogP contribution in [0.1, 0.15) is 22.8 Å². The van der Waals surface area contributed by atoms with E-state index in [2.05, 4.69) is 6.92 Å². The van der Waals surface area contributed by atoms with E-state index in [1.54, 1.807) is 6.07 Å². The van der Waals surface area contributed by atoms with Crippen LogP contribution in [0.15, 0.2) is 84.9 Å². The number of para-hydroxylation sites is 1. The SMILES string of the molecule is CCc1cccc(OC(=O)c2cc(-c3ccccc3)nc3ccccc23)c1. The normalized spacial score (nSPS) is 10.7. The van der Waals surface area contributed by atoms with Crippen molar-refractivity contribution >= 4 is 16.9 Å². The van der Waals surface area contributed by atoms with Gasteiger partial charge in [-0.2, -0.15) is 0 Å². The number of carbonyl (C=O) groups excluding carboxylic acids is 1. The first-order valence-corrected chi connectivity index (χ1v) is 9.01. The zero-order chi connectivity index (χ0) is 18.6. The largest absolute Gasteiger partial charge is 0.423 e. The molecular weight excluding hydrogens is 334 g/mol. The van der Waals surface area contributed by atoms with Crippen molar-refractivity contribution in [3.05, 3.63) is 96.1 Å². The maximum atomic E-state index is 13.0. The van der Waals surface area contributed by atoms with Crippen molar-refractivity contribution in [2.24, 2.45) is 0 Å². The highest BCUT2D eigenvalue weighted by Crippen LogP contribution is 2.26. The van der Waals surface area contributed by atoms with Crippen LogP contribution in [-0.2, 0) is 6.42 Å². The summed E-state index contributed by atoms with van der Waals surface area (Å²) in [6.07, 6.45) is 0.891. The lowest BCUT2D eigenvalue weighted by Crippen LogP contribution is -2.10. The van der Waals surface area contributed by atoms with Crippen molar-refractivity contribution in [1.82, 2.24) is 4.98 Å². The molecule has 0 unspecified atom stereocenters. The van der Waals surface area contributed by atoms with Gasteiger partial charge in [-0.3, -0.25) is 0 Å². The molecule has 0 aliphatic heterocycles. The summed E-state index contributed by atoms with van der Waals surface area (Å²) < 4.78 is 5.68. The average Bonchev–Trinajstić information content (AvgIpc) is 2.73. The van der Waals surface area contributed by atoms with E-state index in [0.717, 1.165) is 34.1 Å². The standard InChI is InChI=1S/C24H19NO2/c1-2-17-9-8-12-19(15-17)27-24(26)21-16-23(18-10-4-3-5-11-18)25-22-14-7-6-13-20(21)22/h3-16H,2H2,1H3. The van der Waals surface area contributed by atoms with Crippen LogP contribution in [0.5, 0.6) is 5.75 Å². The topological polar surface area (TPSA) is 39.2 Å². The Morgan fingerprint density at radius 3 is 2.48 bits per heavy atom. The number of benzene rings is 3. The summed E-state index contributed by atoms with van der Waals surface area (Å²) in [6.45, 7) is 2.07. The van der Waals surface area contributed by atoms with E-state index < -0.39 is 0 Å². The predicted octanol–water partition coefficient (Wildman–Crippen LogP) is 5.68. The molecule has 132 valence electrons. The maximum absolute atomic E-state index is 13.0. The van der Waals surface area contributed by atoms with Gasteiger partial charge in [0.1, 0.15) is 5.75 Å². The number of aromatic nitrogens is 1. The summed E-state index contributed by atoms with van der Waals surface area (Å²) in [4.78, 5) is 17.7. The number of carbonyl (C=O) groups is 1. The zero-order valence-corrected chi connectivity index (χ0v) is 15.1. The summed E-state index contributed by atoms with van der Waals surface area (Å²) >= 11 is 0. The Kier molecular flexibility index (Phi) is 4.67. The third-order valence-corrected chi connectivity index (χ3v) is 4.52. The first-order valence-electron chi connectivity index (χ1n) is 9.01. The summed E-state index contributed by atoms with van der Waals surface area (Å²) in [5, 5.41) is 0.786. The maximum Gasteiger partial charge on any atom is 0.344 e. The number of rotatable bonds is 4. The second kappa shape index (κ2) is 7.42. The lowest BCUT2D eigenvalue weighted by atomic mass is 10.0. The van der Waals surface area contributed by atoms with Crippen LogP contribution in [0.2, 0.25) is 0 Å². The number of nitrogens with zero attached hydrogens (tertiary/aromatic N) is 1. The molecule has 3 nitrogen and oxygen atoms in total. The summed E-state index contributed by atoms with van der Waals surface area (Å²) in [5.74, 6) is 0.181. The van der Waals surface area contributed by atoms with Gasteiger partial charge in [0, 0.05) is 10.9 Å². The highest BCUT2D eigenvalue weighted by molar-refractivity contribution is 6.05. The van der Waals surface area contributed by atoms with Gasteiger partial charge in [0.05, 0.1) is 16.8 Å². The van der Waals surface area contributed by atoms with E-state index in [9.17, 15) is 4.79 Å². The van der Waals surface area contributed by atoms with E-state index in [0.29, 0.717) is 11.3 Å². The molecule has 0 spiro atoms. The number of esters is 1. The minimum Gasteiger partial charge on any atom is -0.423 e. The number of ether oxygens (including phenoxy) is 1. The van der Waals surface area contributed by atoms with Gasteiger partial charge in [-0.15, -0.1) is 0 Å². The Hall–Kier alpha value is -3.46. The molecule has 0 atom stereocenters. The van der Waals surface area contributed by atoms with Gasteiger partial charge in [-0.1, -0.05) is 67.6 Å². The smallest absolute Gasteiger partial charge is 0.344 e. The van der Waals surface area contributed by atoms with Gasteiger partial charge in [-0.25, -0.2) is 9.78 Å². The fourth-order valence-corrected chi connectivity index (χ4v) is 3.09. The van der Waals surface area contributed by atoms with E-state index in [1.807, 2.05) is 78.9 Å². The van der Waals surface area contributed by atoms with Gasteiger partial charge >= 0.3 is 5.97 Å². The fourth-order valence-electron chi connectivity index (χ4n) is 3.09. The second-order valence-electron chi connectivity index (χ2n) is 6.33. The van der Waals surface area contributed by atoms with Crippen molar-refractivity contribution in [1.29, 1.82) is 0 Å². The molecule has 0 aliphatic rings. The van der Waals surface area contributed by atoms with Gasteiger partial charge in [0.25, 0.3) is 0 Å². The van der Waals surface area contributed by atoms with Crippen molar-refractivity contribution in [3.63, 3.8) is 0 Å². The van der Waals surface area contributed by atoms with Gasteiger partial charge < -0.3 is 4.74 Å². The molecule has 3 aromatic carbocycles. The number of pyridine rings is 1. The molecule has 4 rings (SSSR count). The molecule has 27 heavy (non-hydrogen) atoms. The molecule has 0 amide bonds. The average molecular weight is 353 g/mol. The van der Waals surface area contributed by atoms with Crippen molar-refractivity contribution in [3.8, 4) is 17.0 Å². The quantitative estimate of drug-likeness (QED) is 0.350. The molecular formula is C24H19NO2. The van der Waals surface area contributed by atoms with Crippen LogP contribution >= 0.6 is 0 Å². The van der Waals surface area contributed by atoms with Crippen molar-refractivity contribution < 1.29 is 9.53 Å². The Bertz CT molecular complexity index is 1100. The molecule has 0 saturated heterocycles. The van der Waals surface area contributed by atoms with Gasteiger partial charge in [-0.05, 0) is 36.2 Å². The molecule has 0 bridgehead atoms. The molecule has 0 radical (unpaired) electrons. The third kappa shape index (κ3) is 3.58. The zero-order valence-electron chi connectivity index (χ0n) is 15.1. The number of hydrogen-bond donors (Lipinski definition) is 0. The molecule has 0 saturated carbocycles. The van der Waals surface area contributed by atoms with E-state index in [4.69, 9.17) is 9.72 Å². The Labute approximate surface area is 158 Å². The molecule has 1 aromatic heterocycles. The van der Waals surface area contributed by atoms with Crippen molar-refractivity contribution in [2.75, 3.05) is 0 Å². The van der Waals surface area contributed by atoms with Gasteiger partial charge in [0.2, 0.25) is 0 Å². The van der Waals surface area contributed by atoms with E-state index in [1.165, 1.54) is 0 Å². The lowest BCUT2D eigenvalue weighted by Gasteiger charge is -2.10. The van der Waals surface area contributed by atoms with E-state index >= 15 is 0 Å². The third-order valence-electron chi connectivity index (χ3n) is 4.52. The van der Waals surface area contributed by atoms with Crippen LogP contribution in [-0.4, -0.2) is 11.0 Å². The van der Waals surface area contributed by atoms with Crippen LogP contribution in [0, 0.1) is 0 Å². The minimum absolute atomic E-state index is 0.376. The summed E-state index contributed by atoms with van der Waals surface area (Å²) in [6, 6.07) is 26.9. The van der Waals surface area contributed by atoms with Gasteiger partial charge in [0.15, 0.2) is 0 Å². The minimum atomic E-state index is -0.376. The first kappa shape index (κ1) is 17.0. The number of hydrogen-bond acceptors (Lipinski definition) is 3. The Balaban J connectivity index is 1.78. The van der Waals surface area contributed by atoms with Crippen LogP contribution in [0.25, 0.3) is 22.2 Å². The summed E-state index contributed by atoms with van der Waals surface area (Å²) in [5.41, 5.74) is 4.13. The summed E-state index contributed by atoms with van der Waals surface area (Å²) in [7, 11) is 0. The van der Waals surface area contributed by atoms with Crippen LogP contribution in [0.4, 0.5) is 0 Å². The molecule has 4 aromatic rings. The number of aryl methyl sites for hydroxylation is 1. The van der Waals surface area contributed by atoms with Crippen molar-refractivity contribution in [2.45, 2.75) is 13.3 Å². The van der Waals surface area contributed by atoms with Crippen LogP contribution in [0.3, 0.4) is 0 Å². The molecule has 0 fully saturated rings. The Morgan fingerprint density at radius 1 is 0.889 bits per heavy atom.